The minimum atomic E-state index is -1.01. The van der Waals surface area contributed by atoms with Crippen molar-refractivity contribution in [3.63, 3.8) is 0 Å². The number of rotatable bonds is 3. The number of amides is 2. The Hall–Kier alpha value is -3.81. The van der Waals surface area contributed by atoms with Gasteiger partial charge < -0.3 is 15.2 Å². The Labute approximate surface area is 165 Å². The van der Waals surface area contributed by atoms with Crippen molar-refractivity contribution >= 4 is 11.8 Å². The van der Waals surface area contributed by atoms with Gasteiger partial charge in [0, 0.05) is 36.7 Å². The first kappa shape index (κ1) is 18.5. The Kier molecular flexibility index (Phi) is 4.90. The van der Waals surface area contributed by atoms with Crippen LogP contribution in [0.15, 0.2) is 65.7 Å². The molecular formula is C21H17FN4O3. The number of benzene rings is 1. The number of carbonyl (C=O) groups excluding carboxylic acids is 2. The van der Waals surface area contributed by atoms with Crippen LogP contribution in [-0.2, 0) is 4.79 Å². The van der Waals surface area contributed by atoms with Crippen molar-refractivity contribution in [3.05, 3.63) is 88.2 Å². The zero-order valence-corrected chi connectivity index (χ0v) is 15.3. The van der Waals surface area contributed by atoms with E-state index in [4.69, 9.17) is 0 Å². The van der Waals surface area contributed by atoms with Crippen LogP contribution in [0, 0.1) is 5.82 Å². The van der Waals surface area contributed by atoms with Crippen molar-refractivity contribution < 1.29 is 14.0 Å². The zero-order valence-electron chi connectivity index (χ0n) is 15.3. The number of aromatic nitrogens is 2. The second kappa shape index (κ2) is 7.67. The quantitative estimate of drug-likeness (QED) is 0.712. The fourth-order valence-electron chi connectivity index (χ4n) is 3.39. The van der Waals surface area contributed by atoms with Crippen molar-refractivity contribution in [2.45, 2.75) is 6.04 Å². The van der Waals surface area contributed by atoms with Crippen LogP contribution in [0.1, 0.15) is 22.0 Å². The van der Waals surface area contributed by atoms with Crippen LogP contribution in [0.5, 0.6) is 0 Å². The third-order valence-corrected chi connectivity index (χ3v) is 4.77. The van der Waals surface area contributed by atoms with Crippen molar-refractivity contribution in [1.29, 1.82) is 0 Å². The van der Waals surface area contributed by atoms with Crippen molar-refractivity contribution in [3.8, 4) is 11.3 Å². The minimum absolute atomic E-state index is 0.0843. The van der Waals surface area contributed by atoms with Gasteiger partial charge in [0.25, 0.3) is 11.5 Å². The van der Waals surface area contributed by atoms with Gasteiger partial charge in [0.05, 0.1) is 0 Å². The van der Waals surface area contributed by atoms with Crippen molar-refractivity contribution in [2.75, 3.05) is 13.1 Å². The number of pyridine rings is 2. The van der Waals surface area contributed by atoms with E-state index in [1.807, 2.05) is 0 Å². The fraction of sp³-hybridized carbons (Fsp3) is 0.143. The fourth-order valence-corrected chi connectivity index (χ4v) is 3.39. The molecule has 7 nitrogen and oxygen atoms in total. The predicted molar refractivity (Wildman–Crippen MR) is 103 cm³/mol. The molecule has 2 aromatic heterocycles. The maximum Gasteiger partial charge on any atom is 0.261 e. The number of piperazine rings is 1. The highest BCUT2D eigenvalue weighted by molar-refractivity contribution is 5.98. The molecule has 3 aromatic rings. The topological polar surface area (TPSA) is 95.2 Å². The summed E-state index contributed by atoms with van der Waals surface area (Å²) in [5.41, 5.74) is 1.01. The molecule has 8 heteroatoms. The van der Waals surface area contributed by atoms with Gasteiger partial charge in [-0.3, -0.25) is 19.4 Å². The molecule has 3 heterocycles. The number of halogens is 1. The number of H-pyrrole nitrogens is 1. The van der Waals surface area contributed by atoms with E-state index in [1.165, 1.54) is 29.2 Å². The molecule has 29 heavy (non-hydrogen) atoms. The first-order valence-electron chi connectivity index (χ1n) is 9.02. The molecule has 0 aliphatic carbocycles. The lowest BCUT2D eigenvalue weighted by atomic mass is 10.0. The zero-order chi connectivity index (χ0) is 20.4. The largest absolute Gasteiger partial charge is 0.352 e. The average Bonchev–Trinajstić information content (AvgIpc) is 2.73. The summed E-state index contributed by atoms with van der Waals surface area (Å²) in [5, 5.41) is 2.68. The van der Waals surface area contributed by atoms with Gasteiger partial charge in [0.2, 0.25) is 5.91 Å². The van der Waals surface area contributed by atoms with Gasteiger partial charge in [0.15, 0.2) is 0 Å². The van der Waals surface area contributed by atoms with Crippen LogP contribution in [-0.4, -0.2) is 39.8 Å². The highest BCUT2D eigenvalue weighted by Gasteiger charge is 2.35. The minimum Gasteiger partial charge on any atom is -0.352 e. The van der Waals surface area contributed by atoms with Crippen molar-refractivity contribution in [2.24, 2.45) is 0 Å². The summed E-state index contributed by atoms with van der Waals surface area (Å²) in [7, 11) is 0. The van der Waals surface area contributed by atoms with Crippen molar-refractivity contribution in [1.82, 2.24) is 20.2 Å². The van der Waals surface area contributed by atoms with Gasteiger partial charge >= 0.3 is 0 Å². The lowest BCUT2D eigenvalue weighted by molar-refractivity contribution is -0.128. The van der Waals surface area contributed by atoms with E-state index in [9.17, 15) is 18.8 Å². The summed E-state index contributed by atoms with van der Waals surface area (Å²) in [5.74, 6) is -1.51. The van der Waals surface area contributed by atoms with E-state index in [2.05, 4.69) is 15.3 Å². The van der Waals surface area contributed by atoms with Gasteiger partial charge in [-0.2, -0.15) is 0 Å². The van der Waals surface area contributed by atoms with Gasteiger partial charge in [-0.15, -0.1) is 0 Å². The molecule has 1 aromatic carbocycles. The Morgan fingerprint density at radius 3 is 2.62 bits per heavy atom. The predicted octanol–water partition coefficient (Wildman–Crippen LogP) is 1.89. The molecule has 1 saturated heterocycles. The Morgan fingerprint density at radius 2 is 1.90 bits per heavy atom. The van der Waals surface area contributed by atoms with E-state index in [1.54, 1.807) is 36.7 Å². The average molecular weight is 392 g/mol. The summed E-state index contributed by atoms with van der Waals surface area (Å²) in [6.45, 7) is 0.459. The Morgan fingerprint density at radius 1 is 1.10 bits per heavy atom. The van der Waals surface area contributed by atoms with Crippen LogP contribution in [0.3, 0.4) is 0 Å². The molecule has 1 unspecified atom stereocenters. The van der Waals surface area contributed by atoms with Gasteiger partial charge in [-0.25, -0.2) is 4.39 Å². The monoisotopic (exact) mass is 392 g/mol. The third-order valence-electron chi connectivity index (χ3n) is 4.77. The van der Waals surface area contributed by atoms with E-state index in [0.29, 0.717) is 11.3 Å². The molecule has 1 fully saturated rings. The summed E-state index contributed by atoms with van der Waals surface area (Å²) in [4.78, 5) is 46.1. The number of hydrogen-bond donors (Lipinski definition) is 2. The lowest BCUT2D eigenvalue weighted by Gasteiger charge is -2.35. The molecule has 0 spiro atoms. The highest BCUT2D eigenvalue weighted by atomic mass is 19.1. The molecule has 2 N–H and O–H groups in total. The summed E-state index contributed by atoms with van der Waals surface area (Å²) in [6.07, 6.45) is 3.20. The first-order valence-corrected chi connectivity index (χ1v) is 9.02. The smallest absolute Gasteiger partial charge is 0.261 e. The number of nitrogens with one attached hydrogen (secondary N) is 2. The highest BCUT2D eigenvalue weighted by Crippen LogP contribution is 2.25. The molecule has 1 atom stereocenters. The molecule has 0 radical (unpaired) electrons. The molecule has 2 amide bonds. The summed E-state index contributed by atoms with van der Waals surface area (Å²) >= 11 is 0. The third kappa shape index (κ3) is 3.64. The maximum absolute atomic E-state index is 13.7. The second-order valence-electron chi connectivity index (χ2n) is 6.60. The van der Waals surface area contributed by atoms with Crippen LogP contribution in [0.25, 0.3) is 11.3 Å². The second-order valence-corrected chi connectivity index (χ2v) is 6.60. The molecule has 1 aliphatic heterocycles. The maximum atomic E-state index is 13.7. The number of carbonyl (C=O) groups is 2. The van der Waals surface area contributed by atoms with Gasteiger partial charge in [0.1, 0.15) is 17.4 Å². The molecule has 0 bridgehead atoms. The standard InChI is InChI=1S/C21H17FN4O3/c22-15-3-1-2-14(12-15)18-20(28)24-10-11-26(18)21(29)16-4-5-17(25-19(16)27)13-6-8-23-9-7-13/h1-9,12,18H,10-11H2,(H,24,28)(H,25,27). The Balaban J connectivity index is 1.69. The summed E-state index contributed by atoms with van der Waals surface area (Å²) in [6, 6.07) is 11.1. The molecule has 146 valence electrons. The number of aromatic amines is 1. The first-order chi connectivity index (χ1) is 14.0. The molecule has 1 aliphatic rings. The van der Waals surface area contributed by atoms with Gasteiger partial charge in [-0.1, -0.05) is 12.1 Å². The van der Waals surface area contributed by atoms with E-state index < -0.39 is 29.2 Å². The molecular weight excluding hydrogens is 375 g/mol. The van der Waals surface area contributed by atoms with Crippen LogP contribution in [0.4, 0.5) is 4.39 Å². The van der Waals surface area contributed by atoms with E-state index in [0.717, 1.165) is 5.56 Å². The Bertz CT molecular complexity index is 1130. The number of nitrogens with zero attached hydrogens (tertiary/aromatic N) is 2. The number of hydrogen-bond acceptors (Lipinski definition) is 4. The lowest BCUT2D eigenvalue weighted by Crippen LogP contribution is -2.52. The molecule has 0 saturated carbocycles. The van der Waals surface area contributed by atoms with E-state index in [-0.39, 0.29) is 18.7 Å². The van der Waals surface area contributed by atoms with E-state index >= 15 is 0 Å². The summed E-state index contributed by atoms with van der Waals surface area (Å²) < 4.78 is 13.7. The van der Waals surface area contributed by atoms with Crippen LogP contribution < -0.4 is 10.9 Å². The van der Waals surface area contributed by atoms with Crippen LogP contribution >= 0.6 is 0 Å². The van der Waals surface area contributed by atoms with Gasteiger partial charge in [-0.05, 0) is 42.0 Å². The molecule has 4 rings (SSSR count). The van der Waals surface area contributed by atoms with Crippen LogP contribution in [0.2, 0.25) is 0 Å². The normalized spacial score (nSPS) is 16.4. The SMILES string of the molecule is O=C1NCCN(C(=O)c2ccc(-c3ccncc3)[nH]c2=O)C1c1cccc(F)c1.